The Morgan fingerprint density at radius 3 is 2.38 bits per heavy atom. The Labute approximate surface area is 181 Å². The van der Waals surface area contributed by atoms with Crippen molar-refractivity contribution in [2.45, 2.75) is 19.4 Å². The van der Waals surface area contributed by atoms with E-state index in [2.05, 4.69) is 13.2 Å². The van der Waals surface area contributed by atoms with Gasteiger partial charge in [-0.2, -0.15) is 0 Å². The molecule has 29 heavy (non-hydrogen) atoms. The molecular formula is C25H22Cl2O2. The summed E-state index contributed by atoms with van der Waals surface area (Å²) in [6, 6.07) is 16.8. The second kappa shape index (κ2) is 9.69. The van der Waals surface area contributed by atoms with E-state index in [-0.39, 0.29) is 5.75 Å². The first-order valence-electron chi connectivity index (χ1n) is 9.25. The first kappa shape index (κ1) is 21.0. The number of phenolic OH excluding ortho intramolecular Hbond substituents is 1. The Balaban J connectivity index is 1.90. The largest absolute Gasteiger partial charge is 0.507 e. The second-order valence-electron chi connectivity index (χ2n) is 6.68. The third-order valence-corrected chi connectivity index (χ3v) is 5.16. The van der Waals surface area contributed by atoms with Gasteiger partial charge in [0, 0.05) is 21.2 Å². The molecule has 1 N–H and O–H groups in total. The van der Waals surface area contributed by atoms with Crippen LogP contribution in [0.2, 0.25) is 10.0 Å². The molecule has 0 spiro atoms. The number of halogens is 2. The fourth-order valence-corrected chi connectivity index (χ4v) is 3.57. The molecule has 0 aromatic heterocycles. The first-order valence-corrected chi connectivity index (χ1v) is 10.0. The van der Waals surface area contributed by atoms with Crippen molar-refractivity contribution >= 4 is 23.2 Å². The Morgan fingerprint density at radius 2 is 1.66 bits per heavy atom. The maximum atomic E-state index is 10.3. The summed E-state index contributed by atoms with van der Waals surface area (Å²) in [5.74, 6) is 0.991. The summed E-state index contributed by atoms with van der Waals surface area (Å²) in [6.07, 6.45) is 5.06. The van der Waals surface area contributed by atoms with Gasteiger partial charge in [-0.3, -0.25) is 0 Å². The van der Waals surface area contributed by atoms with Crippen LogP contribution in [-0.2, 0) is 19.4 Å². The summed E-state index contributed by atoms with van der Waals surface area (Å²) in [5, 5.41) is 11.5. The maximum Gasteiger partial charge on any atom is 0.123 e. The fourth-order valence-electron chi connectivity index (χ4n) is 3.11. The van der Waals surface area contributed by atoms with Crippen molar-refractivity contribution in [1.29, 1.82) is 0 Å². The average Bonchev–Trinajstić information content (AvgIpc) is 2.70. The van der Waals surface area contributed by atoms with Crippen molar-refractivity contribution in [3.05, 3.63) is 107 Å². The van der Waals surface area contributed by atoms with Gasteiger partial charge in [-0.25, -0.2) is 0 Å². The highest BCUT2D eigenvalue weighted by Gasteiger charge is 2.11. The molecule has 0 aliphatic heterocycles. The van der Waals surface area contributed by atoms with Crippen molar-refractivity contribution in [2.24, 2.45) is 0 Å². The molecule has 0 bridgehead atoms. The van der Waals surface area contributed by atoms with Gasteiger partial charge in [0.25, 0.3) is 0 Å². The van der Waals surface area contributed by atoms with E-state index in [1.165, 1.54) is 0 Å². The second-order valence-corrected chi connectivity index (χ2v) is 7.53. The molecular weight excluding hydrogens is 403 g/mol. The van der Waals surface area contributed by atoms with Gasteiger partial charge in [-0.1, -0.05) is 53.6 Å². The number of ether oxygens (including phenoxy) is 1. The molecule has 0 heterocycles. The highest BCUT2D eigenvalue weighted by Crippen LogP contribution is 2.34. The molecule has 0 fully saturated rings. The molecule has 3 aromatic rings. The van der Waals surface area contributed by atoms with Crippen LogP contribution in [0.5, 0.6) is 11.5 Å². The SMILES string of the molecule is C=CCc1ccc(O)c(-c2ccc(OCc3ccc(Cl)cc3Cl)c(CC=C)c2)c1. The van der Waals surface area contributed by atoms with Crippen LogP contribution in [0.3, 0.4) is 0 Å². The molecule has 0 radical (unpaired) electrons. The van der Waals surface area contributed by atoms with E-state index in [1.54, 1.807) is 18.2 Å². The standard InChI is InChI=1S/C25H22Cl2O2/c1-3-5-17-7-11-24(28)22(13-17)18-9-12-25(19(14-18)6-4-2)29-16-20-8-10-21(26)15-23(20)27/h3-4,7-15,28H,1-2,5-6,16H2. The topological polar surface area (TPSA) is 29.5 Å². The zero-order chi connectivity index (χ0) is 20.8. The maximum absolute atomic E-state index is 10.3. The van der Waals surface area contributed by atoms with E-state index >= 15 is 0 Å². The van der Waals surface area contributed by atoms with E-state index in [1.807, 2.05) is 48.6 Å². The molecule has 2 nitrogen and oxygen atoms in total. The minimum absolute atomic E-state index is 0.240. The van der Waals surface area contributed by atoms with Gasteiger partial charge in [0.1, 0.15) is 18.1 Å². The lowest BCUT2D eigenvalue weighted by Crippen LogP contribution is -1.99. The van der Waals surface area contributed by atoms with Crippen LogP contribution in [0.25, 0.3) is 11.1 Å². The summed E-state index contributed by atoms with van der Waals surface area (Å²) in [7, 11) is 0. The van der Waals surface area contributed by atoms with E-state index < -0.39 is 0 Å². The summed E-state index contributed by atoms with van der Waals surface area (Å²) in [6.45, 7) is 7.96. The predicted octanol–water partition coefficient (Wildman–Crippen LogP) is 7.40. The number of aromatic hydroxyl groups is 1. The van der Waals surface area contributed by atoms with Crippen LogP contribution < -0.4 is 4.74 Å². The quantitative estimate of drug-likeness (QED) is 0.381. The molecule has 0 aliphatic carbocycles. The lowest BCUT2D eigenvalue weighted by Gasteiger charge is -2.14. The number of benzene rings is 3. The number of hydrogen-bond acceptors (Lipinski definition) is 2. The van der Waals surface area contributed by atoms with Crippen LogP contribution in [0.15, 0.2) is 79.9 Å². The van der Waals surface area contributed by atoms with Gasteiger partial charge in [0.15, 0.2) is 0 Å². The Morgan fingerprint density at radius 1 is 0.862 bits per heavy atom. The van der Waals surface area contributed by atoms with Crippen molar-refractivity contribution in [1.82, 2.24) is 0 Å². The van der Waals surface area contributed by atoms with E-state index in [9.17, 15) is 5.11 Å². The smallest absolute Gasteiger partial charge is 0.123 e. The zero-order valence-electron chi connectivity index (χ0n) is 16.0. The van der Waals surface area contributed by atoms with Gasteiger partial charge in [0.05, 0.1) is 0 Å². The molecule has 148 valence electrons. The molecule has 0 saturated carbocycles. The molecule has 0 saturated heterocycles. The molecule has 3 rings (SSSR count). The Kier molecular flexibility index (Phi) is 7.03. The van der Waals surface area contributed by atoms with Crippen LogP contribution in [0, 0.1) is 0 Å². The van der Waals surface area contributed by atoms with E-state index in [0.717, 1.165) is 40.0 Å². The lowest BCUT2D eigenvalue weighted by atomic mass is 9.97. The van der Waals surface area contributed by atoms with Crippen molar-refractivity contribution in [3.63, 3.8) is 0 Å². The molecule has 4 heteroatoms. The minimum Gasteiger partial charge on any atom is -0.507 e. The van der Waals surface area contributed by atoms with Crippen molar-refractivity contribution < 1.29 is 9.84 Å². The lowest BCUT2D eigenvalue weighted by molar-refractivity contribution is 0.303. The highest BCUT2D eigenvalue weighted by atomic mass is 35.5. The van der Waals surface area contributed by atoms with E-state index in [0.29, 0.717) is 23.1 Å². The average molecular weight is 425 g/mol. The van der Waals surface area contributed by atoms with Crippen LogP contribution in [0.4, 0.5) is 0 Å². The third-order valence-electron chi connectivity index (χ3n) is 4.58. The minimum atomic E-state index is 0.240. The Bertz CT molecular complexity index is 1040. The molecule has 3 aromatic carbocycles. The molecule has 0 atom stereocenters. The molecule has 0 unspecified atom stereocenters. The number of phenols is 1. The molecule has 0 amide bonds. The van der Waals surface area contributed by atoms with Gasteiger partial charge in [-0.05, 0) is 65.9 Å². The van der Waals surface area contributed by atoms with E-state index in [4.69, 9.17) is 27.9 Å². The van der Waals surface area contributed by atoms with Crippen LogP contribution in [-0.4, -0.2) is 5.11 Å². The predicted molar refractivity (Wildman–Crippen MR) is 122 cm³/mol. The van der Waals surface area contributed by atoms with Gasteiger partial charge < -0.3 is 9.84 Å². The fraction of sp³-hybridized carbons (Fsp3) is 0.120. The third kappa shape index (κ3) is 5.23. The van der Waals surface area contributed by atoms with Crippen molar-refractivity contribution in [3.8, 4) is 22.6 Å². The summed E-state index contributed by atoms with van der Waals surface area (Å²) < 4.78 is 6.03. The van der Waals surface area contributed by atoms with Crippen LogP contribution >= 0.6 is 23.2 Å². The summed E-state index contributed by atoms with van der Waals surface area (Å²) >= 11 is 12.2. The van der Waals surface area contributed by atoms with Gasteiger partial charge in [-0.15, -0.1) is 13.2 Å². The van der Waals surface area contributed by atoms with Crippen LogP contribution in [0.1, 0.15) is 16.7 Å². The first-order chi connectivity index (χ1) is 14.0. The number of allylic oxidation sites excluding steroid dienone is 2. The monoisotopic (exact) mass is 424 g/mol. The molecule has 0 aliphatic rings. The van der Waals surface area contributed by atoms with Crippen molar-refractivity contribution in [2.75, 3.05) is 0 Å². The normalized spacial score (nSPS) is 10.6. The van der Waals surface area contributed by atoms with Gasteiger partial charge in [0.2, 0.25) is 0 Å². The Hall–Kier alpha value is -2.68. The highest BCUT2D eigenvalue weighted by molar-refractivity contribution is 6.35. The zero-order valence-corrected chi connectivity index (χ0v) is 17.5. The number of hydrogen-bond donors (Lipinski definition) is 1. The summed E-state index contributed by atoms with van der Waals surface area (Å²) in [4.78, 5) is 0. The van der Waals surface area contributed by atoms with Gasteiger partial charge >= 0.3 is 0 Å². The number of rotatable bonds is 8. The summed E-state index contributed by atoms with van der Waals surface area (Å²) in [5.41, 5.74) is 4.63.